The average molecular weight is 318 g/mol. The molecule has 1 rings (SSSR count). The van der Waals surface area contributed by atoms with E-state index in [2.05, 4.69) is 38.3 Å². The van der Waals surface area contributed by atoms with Crippen molar-refractivity contribution < 1.29 is 9.59 Å². The first-order valence-electron chi connectivity index (χ1n) is 8.41. The Hall–Kier alpha value is -1.84. The fourth-order valence-electron chi connectivity index (χ4n) is 2.50. The molecule has 4 heteroatoms. The maximum atomic E-state index is 12.2. The summed E-state index contributed by atoms with van der Waals surface area (Å²) in [5.74, 6) is 0.653. The van der Waals surface area contributed by atoms with Gasteiger partial charge in [0.25, 0.3) is 0 Å². The van der Waals surface area contributed by atoms with Crippen LogP contribution in [0.2, 0.25) is 0 Å². The van der Waals surface area contributed by atoms with Gasteiger partial charge in [-0.05, 0) is 28.9 Å². The lowest BCUT2D eigenvalue weighted by Crippen LogP contribution is -2.33. The van der Waals surface area contributed by atoms with Crippen LogP contribution < -0.4 is 10.6 Å². The molecule has 0 saturated heterocycles. The van der Waals surface area contributed by atoms with Crippen molar-refractivity contribution in [1.29, 1.82) is 0 Å². The predicted octanol–water partition coefficient (Wildman–Crippen LogP) is 4.03. The van der Waals surface area contributed by atoms with Crippen LogP contribution in [0.15, 0.2) is 18.2 Å². The largest absolute Gasteiger partial charge is 0.347 e. The molecule has 0 aliphatic carbocycles. The zero-order valence-corrected chi connectivity index (χ0v) is 15.2. The smallest absolute Gasteiger partial charge is 0.243 e. The Morgan fingerprint density at radius 3 is 1.87 bits per heavy atom. The van der Waals surface area contributed by atoms with Crippen molar-refractivity contribution in [2.45, 2.75) is 59.8 Å². The molecule has 23 heavy (non-hydrogen) atoms. The van der Waals surface area contributed by atoms with Gasteiger partial charge in [0.15, 0.2) is 0 Å². The van der Waals surface area contributed by atoms with Gasteiger partial charge in [-0.2, -0.15) is 0 Å². The van der Waals surface area contributed by atoms with Crippen LogP contribution in [-0.2, 0) is 9.59 Å². The molecule has 0 heterocycles. The molecule has 0 aliphatic rings. The van der Waals surface area contributed by atoms with Crippen LogP contribution in [0.4, 0.5) is 5.69 Å². The number of rotatable bonds is 7. The molecule has 0 unspecified atom stereocenters. The summed E-state index contributed by atoms with van der Waals surface area (Å²) in [4.78, 5) is 23.9. The maximum absolute atomic E-state index is 12.2. The van der Waals surface area contributed by atoms with Gasteiger partial charge in [-0.15, -0.1) is 0 Å². The van der Waals surface area contributed by atoms with Gasteiger partial charge in [0, 0.05) is 12.1 Å². The molecule has 2 N–H and O–H groups in total. The third kappa shape index (κ3) is 6.05. The van der Waals surface area contributed by atoms with Crippen molar-refractivity contribution in [3.8, 4) is 0 Å². The first-order chi connectivity index (χ1) is 10.7. The minimum absolute atomic E-state index is 0.00944. The fraction of sp³-hybridized carbons (Fsp3) is 0.579. The molecule has 0 bridgehead atoms. The number of carbonyl (C=O) groups is 2. The highest BCUT2D eigenvalue weighted by atomic mass is 16.2. The van der Waals surface area contributed by atoms with Gasteiger partial charge in [-0.3, -0.25) is 9.59 Å². The summed E-state index contributed by atoms with van der Waals surface area (Å²) in [6.07, 6.45) is 0.438. The molecule has 1 aromatic carbocycles. The zero-order chi connectivity index (χ0) is 17.6. The topological polar surface area (TPSA) is 58.2 Å². The van der Waals surface area contributed by atoms with E-state index in [4.69, 9.17) is 0 Å². The van der Waals surface area contributed by atoms with Crippen LogP contribution in [-0.4, -0.2) is 18.4 Å². The molecule has 0 radical (unpaired) electrons. The van der Waals surface area contributed by atoms with Gasteiger partial charge in [0.05, 0.1) is 6.54 Å². The van der Waals surface area contributed by atoms with Crippen LogP contribution in [0.1, 0.15) is 70.9 Å². The summed E-state index contributed by atoms with van der Waals surface area (Å²) in [5, 5.41) is 5.68. The zero-order valence-electron chi connectivity index (χ0n) is 15.2. The lowest BCUT2D eigenvalue weighted by atomic mass is 9.92. The average Bonchev–Trinajstić information content (AvgIpc) is 2.44. The van der Waals surface area contributed by atoms with E-state index in [1.54, 1.807) is 0 Å². The summed E-state index contributed by atoms with van der Waals surface area (Å²) >= 11 is 0. The van der Waals surface area contributed by atoms with Gasteiger partial charge >= 0.3 is 0 Å². The number of nitrogens with one attached hydrogen (secondary N) is 2. The quantitative estimate of drug-likeness (QED) is 0.797. The van der Waals surface area contributed by atoms with Gasteiger partial charge in [0.2, 0.25) is 11.8 Å². The molecule has 0 fully saturated rings. The molecule has 0 saturated carbocycles. The summed E-state index contributed by atoms with van der Waals surface area (Å²) in [6, 6.07) is 6.12. The van der Waals surface area contributed by atoms with Crippen molar-refractivity contribution in [3.63, 3.8) is 0 Å². The molecule has 0 atom stereocenters. The van der Waals surface area contributed by atoms with E-state index in [0.29, 0.717) is 18.3 Å². The summed E-state index contributed by atoms with van der Waals surface area (Å²) in [6.45, 7) is 12.4. The van der Waals surface area contributed by atoms with Gasteiger partial charge in [-0.1, -0.05) is 59.7 Å². The highest BCUT2D eigenvalue weighted by molar-refractivity contribution is 5.96. The number of benzene rings is 1. The van der Waals surface area contributed by atoms with Crippen molar-refractivity contribution >= 4 is 17.5 Å². The molecular formula is C19H30N2O2. The second-order valence-electron chi connectivity index (χ2n) is 7.04. The lowest BCUT2D eigenvalue weighted by Gasteiger charge is -2.20. The van der Waals surface area contributed by atoms with Gasteiger partial charge in [0.1, 0.15) is 0 Å². The minimum atomic E-state index is -0.183. The Morgan fingerprint density at radius 1 is 0.913 bits per heavy atom. The molecule has 2 amide bonds. The van der Waals surface area contributed by atoms with Crippen LogP contribution in [0.5, 0.6) is 0 Å². The molecule has 1 aromatic rings. The van der Waals surface area contributed by atoms with E-state index in [1.165, 1.54) is 0 Å². The van der Waals surface area contributed by atoms with Gasteiger partial charge < -0.3 is 10.6 Å². The fourth-order valence-corrected chi connectivity index (χ4v) is 2.50. The van der Waals surface area contributed by atoms with Crippen LogP contribution >= 0.6 is 0 Å². The van der Waals surface area contributed by atoms with Crippen LogP contribution in [0.3, 0.4) is 0 Å². The molecule has 0 spiro atoms. The van der Waals surface area contributed by atoms with Crippen LogP contribution in [0, 0.1) is 5.92 Å². The summed E-state index contributed by atoms with van der Waals surface area (Å²) in [5.41, 5.74) is 3.14. The monoisotopic (exact) mass is 318 g/mol. The number of carbonyl (C=O) groups excluding carboxylic acids is 2. The Labute approximate surface area is 140 Å². The number of para-hydroxylation sites is 1. The Kier molecular flexibility index (Phi) is 7.27. The van der Waals surface area contributed by atoms with E-state index in [9.17, 15) is 9.59 Å². The van der Waals surface area contributed by atoms with E-state index >= 15 is 0 Å². The Bertz CT molecular complexity index is 522. The lowest BCUT2D eigenvalue weighted by molar-refractivity contribution is -0.124. The van der Waals surface area contributed by atoms with E-state index in [0.717, 1.165) is 16.8 Å². The molecule has 4 nitrogen and oxygen atoms in total. The standard InChI is InChI=1S/C19H30N2O2/c1-12(2)10-17(22)20-11-18(23)21-19-15(13(3)4)8-7-9-16(19)14(5)6/h7-9,12-14H,10-11H2,1-6H3,(H,20,22)(H,21,23). The first-order valence-corrected chi connectivity index (χ1v) is 8.41. The SMILES string of the molecule is CC(C)CC(=O)NCC(=O)Nc1c(C(C)C)cccc1C(C)C. The number of anilines is 1. The summed E-state index contributed by atoms with van der Waals surface area (Å²) in [7, 11) is 0. The molecular weight excluding hydrogens is 288 g/mol. The van der Waals surface area contributed by atoms with E-state index < -0.39 is 0 Å². The van der Waals surface area contributed by atoms with E-state index in [-0.39, 0.29) is 24.3 Å². The highest BCUT2D eigenvalue weighted by Crippen LogP contribution is 2.32. The third-order valence-corrected chi connectivity index (χ3v) is 3.68. The van der Waals surface area contributed by atoms with Gasteiger partial charge in [-0.25, -0.2) is 0 Å². The highest BCUT2D eigenvalue weighted by Gasteiger charge is 2.16. The first kappa shape index (κ1) is 19.2. The summed E-state index contributed by atoms with van der Waals surface area (Å²) < 4.78 is 0. The van der Waals surface area contributed by atoms with Crippen molar-refractivity contribution in [2.75, 3.05) is 11.9 Å². The molecule has 128 valence electrons. The predicted molar refractivity (Wildman–Crippen MR) is 95.7 cm³/mol. The number of hydrogen-bond acceptors (Lipinski definition) is 2. The Balaban J connectivity index is 2.82. The van der Waals surface area contributed by atoms with Crippen molar-refractivity contribution in [2.24, 2.45) is 5.92 Å². The Morgan fingerprint density at radius 2 is 1.43 bits per heavy atom. The van der Waals surface area contributed by atoms with Crippen molar-refractivity contribution in [1.82, 2.24) is 5.32 Å². The second kappa shape index (κ2) is 8.70. The third-order valence-electron chi connectivity index (χ3n) is 3.68. The molecule has 0 aromatic heterocycles. The molecule has 0 aliphatic heterocycles. The van der Waals surface area contributed by atoms with E-state index in [1.807, 2.05) is 32.0 Å². The van der Waals surface area contributed by atoms with Crippen LogP contribution in [0.25, 0.3) is 0 Å². The minimum Gasteiger partial charge on any atom is -0.347 e. The maximum Gasteiger partial charge on any atom is 0.243 e. The number of amides is 2. The normalized spacial score (nSPS) is 11.2. The van der Waals surface area contributed by atoms with Crippen molar-refractivity contribution in [3.05, 3.63) is 29.3 Å². The number of hydrogen-bond donors (Lipinski definition) is 2. The second-order valence-corrected chi connectivity index (χ2v) is 7.04.